The molecule has 0 amide bonds. The highest BCUT2D eigenvalue weighted by molar-refractivity contribution is 9.10. The first-order valence-electron chi connectivity index (χ1n) is 5.26. The second-order valence-corrected chi connectivity index (χ2v) is 5.47. The van der Waals surface area contributed by atoms with Crippen molar-refractivity contribution >= 4 is 33.3 Å². The molecule has 0 heterocycles. The largest absolute Gasteiger partial charge is 0.481 e. The van der Waals surface area contributed by atoms with Gasteiger partial charge in [-0.05, 0) is 29.8 Å². The van der Waals surface area contributed by atoms with Gasteiger partial charge in [0.15, 0.2) is 0 Å². The molecular formula is C11H12BrFN2O4. The van der Waals surface area contributed by atoms with E-state index in [-0.39, 0.29) is 22.3 Å². The van der Waals surface area contributed by atoms with Crippen molar-refractivity contribution in [3.63, 3.8) is 0 Å². The average Bonchev–Trinajstić information content (AvgIpc) is 2.19. The maximum atomic E-state index is 13.4. The molecule has 0 aliphatic heterocycles. The van der Waals surface area contributed by atoms with Gasteiger partial charge in [0.05, 0.1) is 15.8 Å². The minimum Gasteiger partial charge on any atom is -0.481 e. The summed E-state index contributed by atoms with van der Waals surface area (Å²) in [7, 11) is 0. The number of hydrogen-bond donors (Lipinski definition) is 2. The van der Waals surface area contributed by atoms with Gasteiger partial charge in [0.25, 0.3) is 5.69 Å². The molecule has 1 rings (SSSR count). The number of nitrogens with zero attached hydrogens (tertiary/aromatic N) is 1. The zero-order valence-electron chi connectivity index (χ0n) is 10.2. The van der Waals surface area contributed by atoms with Crippen LogP contribution in [0.25, 0.3) is 0 Å². The summed E-state index contributed by atoms with van der Waals surface area (Å²) in [6, 6.07) is 2.00. The van der Waals surface area contributed by atoms with E-state index in [0.29, 0.717) is 0 Å². The molecule has 0 spiro atoms. The molecule has 0 radical (unpaired) electrons. The van der Waals surface area contributed by atoms with Crippen LogP contribution in [0.3, 0.4) is 0 Å². The minimum atomic E-state index is -1.06. The third kappa shape index (κ3) is 4.16. The molecule has 19 heavy (non-hydrogen) atoms. The van der Waals surface area contributed by atoms with Gasteiger partial charge in [0.2, 0.25) is 0 Å². The normalized spacial score (nSPS) is 11.2. The van der Waals surface area contributed by atoms with Crippen molar-refractivity contribution in [2.75, 3.05) is 5.32 Å². The van der Waals surface area contributed by atoms with Crippen molar-refractivity contribution in [3.05, 3.63) is 32.5 Å². The van der Waals surface area contributed by atoms with Crippen molar-refractivity contribution in [2.45, 2.75) is 25.8 Å². The standard InChI is InChI=1S/C11H12BrFN2O4/c1-11(2,5-10(16)17)14-8-4-7(13)6(12)3-9(8)15(18)19/h3-4,14H,5H2,1-2H3,(H,16,17). The number of carboxylic acid groups (broad SMARTS) is 1. The van der Waals surface area contributed by atoms with Crippen molar-refractivity contribution in [3.8, 4) is 0 Å². The number of halogens is 2. The van der Waals surface area contributed by atoms with E-state index in [1.165, 1.54) is 0 Å². The van der Waals surface area contributed by atoms with Crippen molar-refractivity contribution in [1.29, 1.82) is 0 Å². The number of hydrogen-bond acceptors (Lipinski definition) is 4. The molecule has 0 unspecified atom stereocenters. The van der Waals surface area contributed by atoms with E-state index in [1.54, 1.807) is 13.8 Å². The monoisotopic (exact) mass is 334 g/mol. The topological polar surface area (TPSA) is 92.5 Å². The molecule has 104 valence electrons. The highest BCUT2D eigenvalue weighted by atomic mass is 79.9. The fourth-order valence-corrected chi connectivity index (χ4v) is 1.91. The molecular weight excluding hydrogens is 323 g/mol. The third-order valence-corrected chi connectivity index (χ3v) is 2.91. The van der Waals surface area contributed by atoms with E-state index in [1.807, 2.05) is 0 Å². The number of nitro groups is 1. The van der Waals surface area contributed by atoms with E-state index in [4.69, 9.17) is 5.11 Å². The smallest absolute Gasteiger partial charge is 0.305 e. The number of rotatable bonds is 5. The lowest BCUT2D eigenvalue weighted by Crippen LogP contribution is -2.33. The summed E-state index contributed by atoms with van der Waals surface area (Å²) in [5.74, 6) is -1.73. The average molecular weight is 335 g/mol. The molecule has 2 N–H and O–H groups in total. The highest BCUT2D eigenvalue weighted by Gasteiger charge is 2.26. The Hall–Kier alpha value is -1.70. The van der Waals surface area contributed by atoms with Crippen LogP contribution in [0.1, 0.15) is 20.3 Å². The molecule has 0 saturated carbocycles. The van der Waals surface area contributed by atoms with Gasteiger partial charge in [-0.1, -0.05) is 0 Å². The summed E-state index contributed by atoms with van der Waals surface area (Å²) in [6.07, 6.45) is -0.262. The van der Waals surface area contributed by atoms with E-state index in [0.717, 1.165) is 12.1 Å². The lowest BCUT2D eigenvalue weighted by atomic mass is 10.00. The summed E-state index contributed by atoms with van der Waals surface area (Å²) in [6.45, 7) is 3.12. The Morgan fingerprint density at radius 2 is 2.16 bits per heavy atom. The second kappa shape index (κ2) is 5.52. The van der Waals surface area contributed by atoms with Crippen molar-refractivity contribution in [2.24, 2.45) is 0 Å². The summed E-state index contributed by atoms with van der Waals surface area (Å²) in [5.41, 5.74) is -1.33. The third-order valence-electron chi connectivity index (χ3n) is 2.30. The molecule has 0 aliphatic rings. The van der Waals surface area contributed by atoms with E-state index in [9.17, 15) is 19.3 Å². The van der Waals surface area contributed by atoms with Crippen LogP contribution in [-0.4, -0.2) is 21.5 Å². The number of benzene rings is 1. The second-order valence-electron chi connectivity index (χ2n) is 4.62. The molecule has 0 aliphatic carbocycles. The maximum Gasteiger partial charge on any atom is 0.305 e. The minimum absolute atomic E-state index is 0.0270. The number of nitro benzene ring substituents is 1. The Morgan fingerprint density at radius 3 is 2.63 bits per heavy atom. The van der Waals surface area contributed by atoms with Crippen LogP contribution in [0.15, 0.2) is 16.6 Å². The fraction of sp³-hybridized carbons (Fsp3) is 0.364. The van der Waals surface area contributed by atoms with Crippen LogP contribution in [0.4, 0.5) is 15.8 Å². The number of aliphatic carboxylic acids is 1. The number of carbonyl (C=O) groups is 1. The number of nitrogens with one attached hydrogen (secondary N) is 1. The molecule has 0 saturated heterocycles. The Balaban J connectivity index is 3.16. The number of carboxylic acids is 1. The summed E-state index contributed by atoms with van der Waals surface area (Å²) in [4.78, 5) is 20.9. The molecule has 1 aromatic carbocycles. The quantitative estimate of drug-likeness (QED) is 0.637. The predicted molar refractivity (Wildman–Crippen MR) is 70.7 cm³/mol. The van der Waals surface area contributed by atoms with Crippen LogP contribution >= 0.6 is 15.9 Å². The lowest BCUT2D eigenvalue weighted by molar-refractivity contribution is -0.384. The number of anilines is 1. The Morgan fingerprint density at radius 1 is 1.58 bits per heavy atom. The van der Waals surface area contributed by atoms with Crippen molar-refractivity contribution in [1.82, 2.24) is 0 Å². The van der Waals surface area contributed by atoms with Gasteiger partial charge in [-0.15, -0.1) is 0 Å². The van der Waals surface area contributed by atoms with Crippen LogP contribution in [0, 0.1) is 15.9 Å². The molecule has 0 aromatic heterocycles. The molecule has 0 fully saturated rings. The van der Waals surface area contributed by atoms with Gasteiger partial charge in [-0.2, -0.15) is 0 Å². The van der Waals surface area contributed by atoms with Crippen molar-refractivity contribution < 1.29 is 19.2 Å². The predicted octanol–water partition coefficient (Wildman–Crippen LogP) is 3.16. The summed E-state index contributed by atoms with van der Waals surface area (Å²) < 4.78 is 13.4. The van der Waals surface area contributed by atoms with E-state index < -0.39 is 22.2 Å². The Bertz CT molecular complexity index is 534. The molecule has 0 bridgehead atoms. The van der Waals surface area contributed by atoms with Gasteiger partial charge in [0, 0.05) is 17.7 Å². The van der Waals surface area contributed by atoms with Gasteiger partial charge in [-0.25, -0.2) is 4.39 Å². The lowest BCUT2D eigenvalue weighted by Gasteiger charge is -2.25. The van der Waals surface area contributed by atoms with Crippen LogP contribution in [0.5, 0.6) is 0 Å². The van der Waals surface area contributed by atoms with Crippen LogP contribution in [0.2, 0.25) is 0 Å². The summed E-state index contributed by atoms with van der Waals surface area (Å²) in [5, 5.41) is 22.3. The zero-order valence-corrected chi connectivity index (χ0v) is 11.8. The van der Waals surface area contributed by atoms with Gasteiger partial charge in [-0.3, -0.25) is 14.9 Å². The molecule has 8 heteroatoms. The van der Waals surface area contributed by atoms with E-state index in [2.05, 4.69) is 21.2 Å². The maximum absolute atomic E-state index is 13.4. The fourth-order valence-electron chi connectivity index (χ4n) is 1.57. The Labute approximate surface area is 116 Å². The zero-order chi connectivity index (χ0) is 14.8. The van der Waals surface area contributed by atoms with E-state index >= 15 is 0 Å². The summed E-state index contributed by atoms with van der Waals surface area (Å²) >= 11 is 2.87. The first-order valence-corrected chi connectivity index (χ1v) is 6.05. The first kappa shape index (κ1) is 15.4. The van der Waals surface area contributed by atoms with Gasteiger partial charge >= 0.3 is 5.97 Å². The SMILES string of the molecule is CC(C)(CC(=O)O)Nc1cc(F)c(Br)cc1[N+](=O)[O-]. The van der Waals surface area contributed by atoms with Crippen LogP contribution < -0.4 is 5.32 Å². The van der Waals surface area contributed by atoms with Gasteiger partial charge < -0.3 is 10.4 Å². The molecule has 6 nitrogen and oxygen atoms in total. The highest BCUT2D eigenvalue weighted by Crippen LogP contribution is 2.32. The Kier molecular flexibility index (Phi) is 4.46. The molecule has 0 atom stereocenters. The molecule has 1 aromatic rings. The first-order chi connectivity index (χ1) is 8.62. The van der Waals surface area contributed by atoms with Gasteiger partial charge in [0.1, 0.15) is 11.5 Å². The van der Waals surface area contributed by atoms with Crippen LogP contribution in [-0.2, 0) is 4.79 Å².